The lowest BCUT2D eigenvalue weighted by atomic mass is 10.2. The highest BCUT2D eigenvalue weighted by atomic mass is 32.2. The first kappa shape index (κ1) is 22.7. The van der Waals surface area contributed by atoms with Gasteiger partial charge in [-0.2, -0.15) is 13.2 Å². The van der Waals surface area contributed by atoms with Crippen LogP contribution in [0.4, 0.5) is 18.9 Å². The molecule has 1 amide bonds. The first-order valence-corrected chi connectivity index (χ1v) is 10.9. The van der Waals surface area contributed by atoms with Crippen molar-refractivity contribution in [2.45, 2.75) is 24.8 Å². The van der Waals surface area contributed by atoms with Crippen LogP contribution in [-0.2, 0) is 17.5 Å². The predicted molar refractivity (Wildman–Crippen MR) is 119 cm³/mol. The van der Waals surface area contributed by atoms with Crippen LogP contribution in [0.1, 0.15) is 16.9 Å². The maximum atomic E-state index is 12.7. The molecule has 10 heteroatoms. The summed E-state index contributed by atoms with van der Waals surface area (Å²) in [4.78, 5) is 12.4. The highest BCUT2D eigenvalue weighted by molar-refractivity contribution is 7.99. The van der Waals surface area contributed by atoms with E-state index in [9.17, 15) is 18.0 Å². The molecule has 0 spiro atoms. The smallest absolute Gasteiger partial charge is 0.416 e. The van der Waals surface area contributed by atoms with Crippen LogP contribution in [0.25, 0.3) is 11.4 Å². The van der Waals surface area contributed by atoms with Gasteiger partial charge in [-0.1, -0.05) is 42.1 Å². The van der Waals surface area contributed by atoms with Crippen LogP contribution in [0.15, 0.2) is 76.5 Å². The van der Waals surface area contributed by atoms with Crippen molar-refractivity contribution >= 4 is 23.4 Å². The Balaban J connectivity index is 1.49. The van der Waals surface area contributed by atoms with E-state index in [2.05, 4.69) is 15.5 Å². The Morgan fingerprint density at radius 1 is 1.06 bits per heavy atom. The molecule has 33 heavy (non-hydrogen) atoms. The number of nitrogens with one attached hydrogen (secondary N) is 1. The highest BCUT2D eigenvalue weighted by Crippen LogP contribution is 2.30. The van der Waals surface area contributed by atoms with Crippen LogP contribution < -0.4 is 5.32 Å². The minimum Gasteiger partial charge on any atom is -0.469 e. The molecule has 0 saturated heterocycles. The van der Waals surface area contributed by atoms with E-state index in [1.165, 1.54) is 23.9 Å². The summed E-state index contributed by atoms with van der Waals surface area (Å²) in [7, 11) is 0. The van der Waals surface area contributed by atoms with Crippen LogP contribution in [0.5, 0.6) is 0 Å². The second kappa shape index (κ2) is 9.53. The topological polar surface area (TPSA) is 72.9 Å². The Labute approximate surface area is 191 Å². The fourth-order valence-corrected chi connectivity index (χ4v) is 3.93. The average Bonchev–Trinajstić information content (AvgIpc) is 3.38. The van der Waals surface area contributed by atoms with Crippen LogP contribution in [0.3, 0.4) is 0 Å². The molecule has 1 N–H and O–H groups in total. The molecule has 0 bridgehead atoms. The third kappa shape index (κ3) is 5.46. The van der Waals surface area contributed by atoms with Crippen LogP contribution in [0.2, 0.25) is 0 Å². The van der Waals surface area contributed by atoms with E-state index in [1.807, 2.05) is 47.9 Å². The molecule has 0 saturated carbocycles. The largest absolute Gasteiger partial charge is 0.469 e. The minimum atomic E-state index is -4.42. The van der Waals surface area contributed by atoms with Gasteiger partial charge in [-0.15, -0.1) is 10.2 Å². The zero-order valence-electron chi connectivity index (χ0n) is 17.5. The van der Waals surface area contributed by atoms with E-state index >= 15 is 0 Å². The molecule has 0 aliphatic carbocycles. The standard InChI is InChI=1S/C23H19F3N4O2S/c1-15-19(11-12-32-15)21-28-29-22(30(21)13-16-5-3-2-4-6-16)33-14-20(31)27-18-9-7-17(8-10-18)23(24,25)26/h2-12H,13-14H2,1H3,(H,27,31). The van der Waals surface area contributed by atoms with Gasteiger partial charge < -0.3 is 9.73 Å². The van der Waals surface area contributed by atoms with Gasteiger partial charge in [-0.05, 0) is 42.8 Å². The van der Waals surface area contributed by atoms with Crippen LogP contribution in [0, 0.1) is 6.92 Å². The Morgan fingerprint density at radius 3 is 2.42 bits per heavy atom. The fourth-order valence-electron chi connectivity index (χ4n) is 3.19. The summed E-state index contributed by atoms with van der Waals surface area (Å²) in [5.41, 5.74) is 1.36. The Hall–Kier alpha value is -3.53. The molecule has 0 aliphatic heterocycles. The van der Waals surface area contributed by atoms with Gasteiger partial charge in [0.2, 0.25) is 5.91 Å². The average molecular weight is 472 g/mol. The lowest BCUT2D eigenvalue weighted by Crippen LogP contribution is -2.15. The van der Waals surface area contributed by atoms with E-state index in [-0.39, 0.29) is 17.3 Å². The third-order valence-electron chi connectivity index (χ3n) is 4.83. The van der Waals surface area contributed by atoms with Gasteiger partial charge in [-0.25, -0.2) is 0 Å². The summed E-state index contributed by atoms with van der Waals surface area (Å²) in [5.74, 6) is 0.970. The van der Waals surface area contributed by atoms with E-state index in [0.29, 0.717) is 23.3 Å². The van der Waals surface area contributed by atoms with Crippen molar-refractivity contribution in [1.82, 2.24) is 14.8 Å². The van der Waals surface area contributed by atoms with E-state index in [4.69, 9.17) is 4.42 Å². The first-order chi connectivity index (χ1) is 15.8. The normalized spacial score (nSPS) is 11.5. The number of furan rings is 1. The molecule has 4 rings (SSSR count). The number of halogens is 3. The Morgan fingerprint density at radius 2 is 1.79 bits per heavy atom. The lowest BCUT2D eigenvalue weighted by Gasteiger charge is -2.11. The number of anilines is 1. The molecule has 0 aliphatic rings. The molecule has 6 nitrogen and oxygen atoms in total. The number of amides is 1. The van der Waals surface area contributed by atoms with E-state index < -0.39 is 11.7 Å². The van der Waals surface area contributed by atoms with Gasteiger partial charge in [0.05, 0.1) is 29.7 Å². The maximum absolute atomic E-state index is 12.7. The zero-order chi connectivity index (χ0) is 23.4. The zero-order valence-corrected chi connectivity index (χ0v) is 18.3. The monoisotopic (exact) mass is 472 g/mol. The summed E-state index contributed by atoms with van der Waals surface area (Å²) in [6.45, 7) is 2.33. The van der Waals surface area contributed by atoms with Gasteiger partial charge in [0.1, 0.15) is 5.76 Å². The van der Waals surface area contributed by atoms with Crippen molar-refractivity contribution in [2.24, 2.45) is 0 Å². The number of aryl methyl sites for hydroxylation is 1. The third-order valence-corrected chi connectivity index (χ3v) is 5.80. The van der Waals surface area contributed by atoms with Crippen LogP contribution in [-0.4, -0.2) is 26.4 Å². The SMILES string of the molecule is Cc1occc1-c1nnc(SCC(=O)Nc2ccc(C(F)(F)F)cc2)n1Cc1ccccc1. The van der Waals surface area contributed by atoms with Gasteiger partial charge in [0, 0.05) is 5.69 Å². The molecule has 0 atom stereocenters. The maximum Gasteiger partial charge on any atom is 0.416 e. The number of carbonyl (C=O) groups excluding carboxylic acids is 1. The van der Waals surface area contributed by atoms with Gasteiger partial charge in [0.15, 0.2) is 11.0 Å². The molecule has 4 aromatic rings. The molecule has 2 aromatic heterocycles. The molecule has 0 unspecified atom stereocenters. The quantitative estimate of drug-likeness (QED) is 0.352. The van der Waals surface area contributed by atoms with Crippen molar-refractivity contribution in [3.8, 4) is 11.4 Å². The number of nitrogens with zero attached hydrogens (tertiary/aromatic N) is 3. The van der Waals surface area contributed by atoms with E-state index in [1.54, 1.807) is 6.26 Å². The summed E-state index contributed by atoms with van der Waals surface area (Å²) in [6, 6.07) is 15.9. The van der Waals surface area contributed by atoms with Crippen LogP contribution >= 0.6 is 11.8 Å². The van der Waals surface area contributed by atoms with Crippen molar-refractivity contribution < 1.29 is 22.4 Å². The number of aromatic nitrogens is 3. The van der Waals surface area contributed by atoms with Gasteiger partial charge >= 0.3 is 6.18 Å². The molecule has 2 aromatic carbocycles. The number of carbonyl (C=O) groups is 1. The second-order valence-corrected chi connectivity index (χ2v) is 8.12. The molecule has 170 valence electrons. The molecular formula is C23H19F3N4O2S. The van der Waals surface area contributed by atoms with Gasteiger partial charge in [0.25, 0.3) is 0 Å². The van der Waals surface area contributed by atoms with Crippen molar-refractivity contribution in [3.63, 3.8) is 0 Å². The number of thioether (sulfide) groups is 1. The Kier molecular flexibility index (Phi) is 6.55. The van der Waals surface area contributed by atoms with E-state index in [0.717, 1.165) is 23.3 Å². The molecule has 0 fully saturated rings. The molecule has 0 radical (unpaired) electrons. The Bertz CT molecular complexity index is 1230. The number of hydrogen-bond donors (Lipinski definition) is 1. The number of benzene rings is 2. The molecular weight excluding hydrogens is 453 g/mol. The summed E-state index contributed by atoms with van der Waals surface area (Å²) < 4.78 is 45.4. The summed E-state index contributed by atoms with van der Waals surface area (Å²) in [6.07, 6.45) is -2.84. The number of hydrogen-bond acceptors (Lipinski definition) is 5. The lowest BCUT2D eigenvalue weighted by molar-refractivity contribution is -0.137. The first-order valence-electron chi connectivity index (χ1n) is 9.93. The fraction of sp³-hybridized carbons (Fsp3) is 0.174. The highest BCUT2D eigenvalue weighted by Gasteiger charge is 2.30. The number of rotatable bonds is 7. The van der Waals surface area contributed by atoms with Gasteiger partial charge in [-0.3, -0.25) is 9.36 Å². The molecule has 2 heterocycles. The number of alkyl halides is 3. The summed E-state index contributed by atoms with van der Waals surface area (Å²) >= 11 is 1.19. The second-order valence-electron chi connectivity index (χ2n) is 7.18. The summed E-state index contributed by atoms with van der Waals surface area (Å²) in [5, 5.41) is 11.7. The van der Waals surface area contributed by atoms with Crippen molar-refractivity contribution in [3.05, 3.63) is 83.8 Å². The minimum absolute atomic E-state index is 0.0122. The van der Waals surface area contributed by atoms with Crippen molar-refractivity contribution in [2.75, 3.05) is 11.1 Å². The van der Waals surface area contributed by atoms with Crippen molar-refractivity contribution in [1.29, 1.82) is 0 Å². The predicted octanol–water partition coefficient (Wildman–Crippen LogP) is 5.64.